The lowest BCUT2D eigenvalue weighted by Crippen LogP contribution is -1.95. The molecule has 0 saturated heterocycles. The molecule has 0 radical (unpaired) electrons. The first-order valence-corrected chi connectivity index (χ1v) is 4.14. The number of hydrogen-bond acceptors (Lipinski definition) is 1. The average Bonchev–Trinajstić information content (AvgIpc) is 2.08. The van der Waals surface area contributed by atoms with Gasteiger partial charge in [0, 0.05) is 12.2 Å². The molecule has 0 saturated carbocycles. The van der Waals surface area contributed by atoms with Crippen molar-refractivity contribution in [2.24, 2.45) is 0 Å². The minimum atomic E-state index is -0.382. The second-order valence-electron chi connectivity index (χ2n) is 2.35. The number of rotatable bonds is 3. The Morgan fingerprint density at radius 1 is 1.50 bits per heavy atom. The fourth-order valence-electron chi connectivity index (χ4n) is 0.872. The second-order valence-corrected chi connectivity index (χ2v) is 2.76. The van der Waals surface area contributed by atoms with E-state index in [0.29, 0.717) is 12.2 Å². The highest BCUT2D eigenvalue weighted by Gasteiger charge is 2.04. The predicted molar refractivity (Wildman–Crippen MR) is 46.7 cm³/mol. The van der Waals surface area contributed by atoms with Crippen LogP contribution in [0.2, 0.25) is 5.02 Å². The van der Waals surface area contributed by atoms with Crippen LogP contribution in [0.5, 0.6) is 0 Å². The summed E-state index contributed by atoms with van der Waals surface area (Å²) in [5.74, 6) is -0.382. The molecule has 0 aliphatic rings. The van der Waals surface area contributed by atoms with E-state index in [1.165, 1.54) is 6.07 Å². The first-order chi connectivity index (χ1) is 5.75. The van der Waals surface area contributed by atoms with Crippen LogP contribution in [0.15, 0.2) is 18.2 Å². The Morgan fingerprint density at radius 3 is 2.92 bits per heavy atom. The molecule has 1 rings (SSSR count). The molecule has 66 valence electrons. The summed E-state index contributed by atoms with van der Waals surface area (Å²) in [6.07, 6.45) is 0. The van der Waals surface area contributed by atoms with Gasteiger partial charge < -0.3 is 4.74 Å². The molecule has 3 heteroatoms. The van der Waals surface area contributed by atoms with E-state index in [1.807, 2.05) is 6.92 Å². The summed E-state index contributed by atoms with van der Waals surface area (Å²) < 4.78 is 18.2. The first kappa shape index (κ1) is 9.49. The minimum Gasteiger partial charge on any atom is -0.377 e. The smallest absolute Gasteiger partial charge is 0.147 e. The molecule has 0 atom stereocenters. The summed E-state index contributed by atoms with van der Waals surface area (Å²) in [6, 6.07) is 4.89. The van der Waals surface area contributed by atoms with Gasteiger partial charge in [0.15, 0.2) is 0 Å². The van der Waals surface area contributed by atoms with Gasteiger partial charge in [-0.1, -0.05) is 23.7 Å². The maximum absolute atomic E-state index is 13.1. The van der Waals surface area contributed by atoms with Crippen LogP contribution in [0.3, 0.4) is 0 Å². The summed E-state index contributed by atoms with van der Waals surface area (Å²) >= 11 is 5.56. The average molecular weight is 189 g/mol. The number of hydrogen-bond donors (Lipinski definition) is 0. The van der Waals surface area contributed by atoms with Crippen molar-refractivity contribution in [2.75, 3.05) is 6.61 Å². The highest BCUT2D eigenvalue weighted by molar-refractivity contribution is 6.30. The normalized spacial score (nSPS) is 10.2. The molecule has 12 heavy (non-hydrogen) atoms. The number of halogens is 2. The van der Waals surface area contributed by atoms with E-state index in [0.717, 1.165) is 0 Å². The Morgan fingerprint density at radius 2 is 2.25 bits per heavy atom. The Hall–Kier alpha value is -0.600. The molecule has 0 heterocycles. The van der Waals surface area contributed by atoms with E-state index < -0.39 is 0 Å². The fourth-order valence-corrected chi connectivity index (χ4v) is 1.07. The molecule has 0 bridgehead atoms. The van der Waals surface area contributed by atoms with Crippen LogP contribution in [0.1, 0.15) is 12.5 Å². The molecule has 0 aromatic heterocycles. The van der Waals surface area contributed by atoms with Crippen LogP contribution in [-0.4, -0.2) is 6.61 Å². The van der Waals surface area contributed by atoms with Gasteiger partial charge in [-0.2, -0.15) is 0 Å². The quantitative estimate of drug-likeness (QED) is 0.709. The van der Waals surface area contributed by atoms with E-state index in [4.69, 9.17) is 16.3 Å². The molecule has 0 aliphatic carbocycles. The minimum absolute atomic E-state index is 0.146. The monoisotopic (exact) mass is 188 g/mol. The van der Waals surface area contributed by atoms with Crippen molar-refractivity contribution < 1.29 is 9.13 Å². The third kappa shape index (κ3) is 2.19. The van der Waals surface area contributed by atoms with E-state index in [9.17, 15) is 4.39 Å². The summed E-state index contributed by atoms with van der Waals surface area (Å²) in [5.41, 5.74) is 0.504. The van der Waals surface area contributed by atoms with Crippen LogP contribution < -0.4 is 0 Å². The van der Waals surface area contributed by atoms with Crippen molar-refractivity contribution in [1.82, 2.24) is 0 Å². The molecular formula is C9H10ClFO. The van der Waals surface area contributed by atoms with Gasteiger partial charge in [-0.25, -0.2) is 4.39 Å². The predicted octanol–water partition coefficient (Wildman–Crippen LogP) is 3.02. The van der Waals surface area contributed by atoms with Gasteiger partial charge in [0.05, 0.1) is 11.6 Å². The van der Waals surface area contributed by atoms with Crippen LogP contribution in [0.4, 0.5) is 4.39 Å². The Labute approximate surface area is 76.1 Å². The molecule has 0 amide bonds. The molecule has 1 aromatic carbocycles. The molecule has 1 aromatic rings. The van der Waals surface area contributed by atoms with Crippen LogP contribution in [-0.2, 0) is 11.3 Å². The lowest BCUT2D eigenvalue weighted by atomic mass is 10.2. The first-order valence-electron chi connectivity index (χ1n) is 3.76. The van der Waals surface area contributed by atoms with Gasteiger partial charge in [-0.15, -0.1) is 0 Å². The van der Waals surface area contributed by atoms with Gasteiger partial charge in [0.2, 0.25) is 0 Å². The molecule has 0 spiro atoms. The Balaban J connectivity index is 2.78. The van der Waals surface area contributed by atoms with Crippen molar-refractivity contribution >= 4 is 11.6 Å². The summed E-state index contributed by atoms with van der Waals surface area (Å²) in [7, 11) is 0. The van der Waals surface area contributed by atoms with Crippen molar-refractivity contribution in [2.45, 2.75) is 13.5 Å². The van der Waals surface area contributed by atoms with Crippen molar-refractivity contribution in [3.05, 3.63) is 34.6 Å². The van der Waals surface area contributed by atoms with Gasteiger partial charge in [-0.3, -0.25) is 0 Å². The highest BCUT2D eigenvalue weighted by atomic mass is 35.5. The second kappa shape index (κ2) is 4.43. The van der Waals surface area contributed by atoms with Crippen molar-refractivity contribution in [3.8, 4) is 0 Å². The maximum atomic E-state index is 13.1. The van der Waals surface area contributed by atoms with Crippen LogP contribution in [0, 0.1) is 5.82 Å². The van der Waals surface area contributed by atoms with Crippen molar-refractivity contribution in [1.29, 1.82) is 0 Å². The largest absolute Gasteiger partial charge is 0.377 e. The molecule has 1 nitrogen and oxygen atoms in total. The summed E-state index contributed by atoms with van der Waals surface area (Å²) in [6.45, 7) is 2.72. The summed E-state index contributed by atoms with van der Waals surface area (Å²) in [5, 5.41) is 0.146. The van der Waals surface area contributed by atoms with Gasteiger partial charge in [0.1, 0.15) is 5.82 Å². The van der Waals surface area contributed by atoms with Gasteiger partial charge >= 0.3 is 0 Å². The molecule has 0 unspecified atom stereocenters. The Kier molecular flexibility index (Phi) is 3.50. The number of benzene rings is 1. The van der Waals surface area contributed by atoms with E-state index in [1.54, 1.807) is 12.1 Å². The third-order valence-corrected chi connectivity index (χ3v) is 1.79. The van der Waals surface area contributed by atoms with Crippen molar-refractivity contribution in [3.63, 3.8) is 0 Å². The zero-order valence-corrected chi connectivity index (χ0v) is 7.57. The topological polar surface area (TPSA) is 9.23 Å². The Bertz CT molecular complexity index is 263. The summed E-state index contributed by atoms with van der Waals surface area (Å²) in [4.78, 5) is 0. The van der Waals surface area contributed by atoms with E-state index >= 15 is 0 Å². The molecule has 0 aliphatic heterocycles. The van der Waals surface area contributed by atoms with Crippen LogP contribution >= 0.6 is 11.6 Å². The zero-order valence-electron chi connectivity index (χ0n) is 6.81. The van der Waals surface area contributed by atoms with E-state index in [-0.39, 0.29) is 17.4 Å². The lowest BCUT2D eigenvalue weighted by molar-refractivity contribution is 0.131. The molecular weight excluding hydrogens is 179 g/mol. The standard InChI is InChI=1S/C9H10ClFO/c1-2-12-6-7-4-3-5-8(10)9(7)11/h3-5H,2,6H2,1H3. The number of ether oxygens (including phenoxy) is 1. The highest BCUT2D eigenvalue weighted by Crippen LogP contribution is 2.18. The van der Waals surface area contributed by atoms with E-state index in [2.05, 4.69) is 0 Å². The maximum Gasteiger partial charge on any atom is 0.147 e. The molecule has 0 N–H and O–H groups in total. The zero-order chi connectivity index (χ0) is 8.97. The van der Waals surface area contributed by atoms with Crippen LogP contribution in [0.25, 0.3) is 0 Å². The van der Waals surface area contributed by atoms with Gasteiger partial charge in [-0.05, 0) is 13.0 Å². The SMILES string of the molecule is CCOCc1cccc(Cl)c1F. The fraction of sp³-hybridized carbons (Fsp3) is 0.333. The third-order valence-electron chi connectivity index (χ3n) is 1.49. The lowest BCUT2D eigenvalue weighted by Gasteiger charge is -2.03. The van der Waals surface area contributed by atoms with Gasteiger partial charge in [0.25, 0.3) is 0 Å². The molecule has 0 fully saturated rings.